The molecule has 0 saturated heterocycles. The molecule has 16 heavy (non-hydrogen) atoms. The van der Waals surface area contributed by atoms with Crippen LogP contribution in [0.4, 0.5) is 8.78 Å². The summed E-state index contributed by atoms with van der Waals surface area (Å²) in [5, 5.41) is 3.53. The molecule has 1 unspecified atom stereocenters. The number of likely N-dealkylation sites (N-methyl/N-ethyl adjacent to an activating group) is 1. The predicted octanol–water partition coefficient (Wildman–Crippen LogP) is 2.86. The summed E-state index contributed by atoms with van der Waals surface area (Å²) in [4.78, 5) is 0. The molecule has 0 amide bonds. The van der Waals surface area contributed by atoms with Crippen molar-refractivity contribution in [1.29, 1.82) is 0 Å². The van der Waals surface area contributed by atoms with E-state index in [0.717, 1.165) is 5.56 Å². The molecule has 1 aromatic heterocycles. The van der Waals surface area contributed by atoms with Gasteiger partial charge in [0.05, 0.1) is 0 Å². The van der Waals surface area contributed by atoms with E-state index in [9.17, 15) is 8.78 Å². The number of furan rings is 1. The zero-order valence-electron chi connectivity index (χ0n) is 9.18. The van der Waals surface area contributed by atoms with Gasteiger partial charge in [0.1, 0.15) is 0 Å². The van der Waals surface area contributed by atoms with Crippen LogP contribution in [-0.2, 0) is 6.42 Å². The summed E-state index contributed by atoms with van der Waals surface area (Å²) in [6.45, 7) is 2.00. The maximum Gasteiger partial charge on any atom is 0.278 e. The molecule has 0 spiro atoms. The molecule has 2 rings (SSSR count). The first-order valence-electron chi connectivity index (χ1n) is 5.15. The molecule has 0 fully saturated rings. The van der Waals surface area contributed by atoms with Crippen molar-refractivity contribution in [1.82, 2.24) is 5.32 Å². The minimum atomic E-state index is -0.757. The summed E-state index contributed by atoms with van der Waals surface area (Å²) in [6, 6.07) is 3.82. The van der Waals surface area contributed by atoms with Gasteiger partial charge in [-0.25, -0.2) is 4.39 Å². The Morgan fingerprint density at radius 1 is 1.31 bits per heavy atom. The number of rotatable bonds is 3. The van der Waals surface area contributed by atoms with Crippen molar-refractivity contribution >= 4 is 11.0 Å². The van der Waals surface area contributed by atoms with Gasteiger partial charge in [-0.15, -0.1) is 0 Å². The molecule has 1 heterocycles. The van der Waals surface area contributed by atoms with E-state index in [1.54, 1.807) is 6.07 Å². The quantitative estimate of drug-likeness (QED) is 0.868. The van der Waals surface area contributed by atoms with E-state index in [0.29, 0.717) is 11.8 Å². The molecule has 0 aliphatic carbocycles. The Balaban J connectivity index is 2.41. The lowest BCUT2D eigenvalue weighted by molar-refractivity contribution is 0.374. The Morgan fingerprint density at radius 3 is 2.75 bits per heavy atom. The van der Waals surface area contributed by atoms with Gasteiger partial charge in [0.25, 0.3) is 6.01 Å². The molecular weight excluding hydrogens is 212 g/mol. The lowest BCUT2D eigenvalue weighted by Crippen LogP contribution is -2.23. The van der Waals surface area contributed by atoms with Crippen molar-refractivity contribution in [2.45, 2.75) is 19.4 Å². The third-order valence-electron chi connectivity index (χ3n) is 2.64. The second-order valence-electron chi connectivity index (χ2n) is 3.94. The summed E-state index contributed by atoms with van der Waals surface area (Å²) in [7, 11) is 1.84. The smallest absolute Gasteiger partial charge is 0.278 e. The van der Waals surface area contributed by atoms with E-state index < -0.39 is 11.8 Å². The second kappa shape index (κ2) is 4.22. The number of hydrogen-bond donors (Lipinski definition) is 1. The third-order valence-corrected chi connectivity index (χ3v) is 2.64. The van der Waals surface area contributed by atoms with Crippen LogP contribution in [0.2, 0.25) is 0 Å². The fourth-order valence-corrected chi connectivity index (χ4v) is 1.71. The van der Waals surface area contributed by atoms with Gasteiger partial charge in [0.15, 0.2) is 11.4 Å². The monoisotopic (exact) mass is 225 g/mol. The first kappa shape index (κ1) is 11.1. The Morgan fingerprint density at radius 2 is 2.06 bits per heavy atom. The molecule has 4 heteroatoms. The number of fused-ring (bicyclic) bond motifs is 1. The fraction of sp³-hybridized carbons (Fsp3) is 0.333. The molecular formula is C12H13F2NO. The zero-order valence-corrected chi connectivity index (χ0v) is 9.18. The topological polar surface area (TPSA) is 25.2 Å². The molecule has 0 saturated carbocycles. The van der Waals surface area contributed by atoms with Gasteiger partial charge in [-0.1, -0.05) is 0 Å². The lowest BCUT2D eigenvalue weighted by atomic mass is 10.1. The fourth-order valence-electron chi connectivity index (χ4n) is 1.71. The molecule has 2 aromatic rings. The summed E-state index contributed by atoms with van der Waals surface area (Å²) in [5.74, 6) is -0.514. The minimum Gasteiger partial charge on any atom is -0.428 e. The highest BCUT2D eigenvalue weighted by atomic mass is 19.1. The summed E-state index contributed by atoms with van der Waals surface area (Å²) in [5.41, 5.74) is 0.811. The lowest BCUT2D eigenvalue weighted by Gasteiger charge is -2.09. The van der Waals surface area contributed by atoms with Crippen LogP contribution in [0.5, 0.6) is 0 Å². The highest BCUT2D eigenvalue weighted by Gasteiger charge is 2.11. The van der Waals surface area contributed by atoms with E-state index in [1.807, 2.05) is 14.0 Å². The van der Waals surface area contributed by atoms with Gasteiger partial charge in [0, 0.05) is 17.5 Å². The van der Waals surface area contributed by atoms with Crippen LogP contribution < -0.4 is 5.32 Å². The zero-order chi connectivity index (χ0) is 11.7. The molecule has 2 nitrogen and oxygen atoms in total. The Bertz CT molecular complexity index is 507. The number of hydrogen-bond acceptors (Lipinski definition) is 2. The summed E-state index contributed by atoms with van der Waals surface area (Å²) >= 11 is 0. The Labute approximate surface area is 92.2 Å². The van der Waals surface area contributed by atoms with Gasteiger partial charge >= 0.3 is 0 Å². The van der Waals surface area contributed by atoms with Gasteiger partial charge in [-0.2, -0.15) is 4.39 Å². The van der Waals surface area contributed by atoms with E-state index >= 15 is 0 Å². The van der Waals surface area contributed by atoms with Gasteiger partial charge in [0.2, 0.25) is 0 Å². The number of halogens is 2. The first-order chi connectivity index (χ1) is 7.60. The van der Waals surface area contributed by atoms with Crippen molar-refractivity contribution in [3.8, 4) is 0 Å². The summed E-state index contributed by atoms with van der Waals surface area (Å²) < 4.78 is 31.0. The average molecular weight is 225 g/mol. The SMILES string of the molecule is CNC(C)Cc1cc(F)c2oc(F)cc2c1. The van der Waals surface area contributed by atoms with Crippen molar-refractivity contribution < 1.29 is 13.2 Å². The van der Waals surface area contributed by atoms with Crippen molar-refractivity contribution in [2.75, 3.05) is 7.05 Å². The molecule has 0 bridgehead atoms. The molecule has 1 atom stereocenters. The highest BCUT2D eigenvalue weighted by molar-refractivity contribution is 5.78. The highest BCUT2D eigenvalue weighted by Crippen LogP contribution is 2.23. The van der Waals surface area contributed by atoms with Crippen LogP contribution in [0, 0.1) is 11.8 Å². The molecule has 0 radical (unpaired) electrons. The van der Waals surface area contributed by atoms with E-state index in [4.69, 9.17) is 0 Å². The van der Waals surface area contributed by atoms with Crippen molar-refractivity contribution in [2.24, 2.45) is 0 Å². The van der Waals surface area contributed by atoms with Crippen LogP contribution in [0.3, 0.4) is 0 Å². The summed E-state index contributed by atoms with van der Waals surface area (Å²) in [6.07, 6.45) is 0.691. The normalized spacial score (nSPS) is 13.2. The van der Waals surface area contributed by atoms with Crippen LogP contribution in [0.15, 0.2) is 22.6 Å². The van der Waals surface area contributed by atoms with Crippen LogP contribution in [0.1, 0.15) is 12.5 Å². The van der Waals surface area contributed by atoms with Crippen LogP contribution in [-0.4, -0.2) is 13.1 Å². The first-order valence-corrected chi connectivity index (χ1v) is 5.15. The van der Waals surface area contributed by atoms with E-state index in [1.165, 1.54) is 12.1 Å². The van der Waals surface area contributed by atoms with Crippen molar-refractivity contribution in [3.05, 3.63) is 35.6 Å². The third kappa shape index (κ3) is 2.07. The average Bonchev–Trinajstić information content (AvgIpc) is 2.59. The van der Waals surface area contributed by atoms with Gasteiger partial charge in [-0.05, 0) is 38.1 Å². The Kier molecular flexibility index (Phi) is 2.92. The predicted molar refractivity (Wildman–Crippen MR) is 58.4 cm³/mol. The van der Waals surface area contributed by atoms with Gasteiger partial charge < -0.3 is 9.73 Å². The molecule has 86 valence electrons. The standard InChI is InChI=1S/C12H13F2NO/c1-7(15-2)3-8-4-9-6-11(14)16-12(9)10(13)5-8/h4-7,15H,3H2,1-2H3. The van der Waals surface area contributed by atoms with Gasteiger partial charge in [-0.3, -0.25) is 0 Å². The minimum absolute atomic E-state index is 0.0154. The maximum absolute atomic E-state index is 13.5. The van der Waals surface area contributed by atoms with Crippen molar-refractivity contribution in [3.63, 3.8) is 0 Å². The molecule has 0 aliphatic rings. The van der Waals surface area contributed by atoms with E-state index in [2.05, 4.69) is 9.73 Å². The molecule has 0 aliphatic heterocycles. The Hall–Kier alpha value is -1.42. The second-order valence-corrected chi connectivity index (χ2v) is 3.94. The molecule has 1 N–H and O–H groups in total. The van der Waals surface area contributed by atoms with Crippen LogP contribution in [0.25, 0.3) is 11.0 Å². The number of benzene rings is 1. The maximum atomic E-state index is 13.5. The largest absolute Gasteiger partial charge is 0.428 e. The number of nitrogens with one attached hydrogen (secondary N) is 1. The molecule has 1 aromatic carbocycles. The van der Waals surface area contributed by atoms with Crippen LogP contribution >= 0.6 is 0 Å². The van der Waals surface area contributed by atoms with E-state index in [-0.39, 0.29) is 11.6 Å².